The first-order chi connectivity index (χ1) is 13.9. The van der Waals surface area contributed by atoms with Crippen molar-refractivity contribution in [1.82, 2.24) is 25.0 Å². The minimum atomic E-state index is -0.231. The van der Waals surface area contributed by atoms with Gasteiger partial charge in [-0.25, -0.2) is 9.67 Å². The molecule has 1 aromatic heterocycles. The summed E-state index contributed by atoms with van der Waals surface area (Å²) in [6.07, 6.45) is 1.55. The zero-order chi connectivity index (χ0) is 21.0. The first kappa shape index (κ1) is 23.8. The maximum Gasteiger partial charge on any atom is 0.293 e. The van der Waals surface area contributed by atoms with E-state index in [1.807, 2.05) is 25.1 Å². The predicted octanol–water partition coefficient (Wildman–Crippen LogP) is 2.05. The molecule has 2 amide bonds. The molecule has 2 aromatic rings. The molecule has 0 bridgehead atoms. The maximum absolute atomic E-state index is 13.0. The first-order valence-corrected chi connectivity index (χ1v) is 10.2. The molecule has 1 unspecified atom stereocenters. The molecule has 30 heavy (non-hydrogen) atoms. The predicted molar refractivity (Wildman–Crippen MR) is 118 cm³/mol. The van der Waals surface area contributed by atoms with E-state index in [0.29, 0.717) is 37.9 Å². The second-order valence-electron chi connectivity index (χ2n) is 7.78. The molecule has 0 aliphatic carbocycles. The molecule has 3 rings (SSSR count). The van der Waals surface area contributed by atoms with Crippen LogP contribution in [-0.4, -0.2) is 57.7 Å². The minimum absolute atomic E-state index is 0. The second kappa shape index (κ2) is 10.5. The number of amides is 2. The van der Waals surface area contributed by atoms with Crippen molar-refractivity contribution in [3.05, 3.63) is 41.5 Å². The summed E-state index contributed by atoms with van der Waals surface area (Å²) in [6.45, 7) is 7.94. The lowest BCUT2D eigenvalue weighted by Crippen LogP contribution is -2.46. The van der Waals surface area contributed by atoms with Crippen LogP contribution in [0.5, 0.6) is 0 Å². The number of nitrogens with one attached hydrogen (secondary N) is 1. The zero-order valence-corrected chi connectivity index (χ0v) is 18.6. The van der Waals surface area contributed by atoms with E-state index in [0.717, 1.165) is 24.1 Å². The number of para-hydroxylation sites is 1. The molecule has 8 nitrogen and oxygen atoms in total. The molecular formula is C21H31ClN6O2. The number of aromatic nitrogens is 3. The lowest BCUT2D eigenvalue weighted by Gasteiger charge is -2.31. The molecule has 1 saturated heterocycles. The molecule has 1 fully saturated rings. The fourth-order valence-electron chi connectivity index (χ4n) is 3.73. The van der Waals surface area contributed by atoms with Gasteiger partial charge in [0.2, 0.25) is 11.7 Å². The highest BCUT2D eigenvalue weighted by atomic mass is 35.5. The van der Waals surface area contributed by atoms with E-state index in [-0.39, 0.29) is 36.0 Å². The van der Waals surface area contributed by atoms with Gasteiger partial charge in [0, 0.05) is 26.2 Å². The Morgan fingerprint density at radius 3 is 2.73 bits per heavy atom. The van der Waals surface area contributed by atoms with Gasteiger partial charge >= 0.3 is 0 Å². The van der Waals surface area contributed by atoms with Crippen molar-refractivity contribution in [3.63, 3.8) is 0 Å². The third-order valence-electron chi connectivity index (χ3n) is 5.27. The van der Waals surface area contributed by atoms with Crippen LogP contribution in [0.4, 0.5) is 0 Å². The number of carbonyl (C=O) groups is 2. The summed E-state index contributed by atoms with van der Waals surface area (Å²) >= 11 is 0. The average molecular weight is 435 g/mol. The summed E-state index contributed by atoms with van der Waals surface area (Å²) in [7, 11) is 0. The van der Waals surface area contributed by atoms with Gasteiger partial charge in [-0.15, -0.1) is 17.5 Å². The summed E-state index contributed by atoms with van der Waals surface area (Å²) in [5.41, 5.74) is 7.54. The summed E-state index contributed by atoms with van der Waals surface area (Å²) in [5.74, 6) is 0.659. The van der Waals surface area contributed by atoms with Crippen molar-refractivity contribution in [2.45, 2.75) is 39.5 Å². The fourth-order valence-corrected chi connectivity index (χ4v) is 3.73. The van der Waals surface area contributed by atoms with Crippen molar-refractivity contribution in [3.8, 4) is 5.69 Å². The highest BCUT2D eigenvalue weighted by molar-refractivity contribution is 5.91. The monoisotopic (exact) mass is 434 g/mol. The van der Waals surface area contributed by atoms with Gasteiger partial charge < -0.3 is 16.0 Å². The molecule has 0 spiro atoms. The number of likely N-dealkylation sites (tertiary alicyclic amines) is 1. The van der Waals surface area contributed by atoms with E-state index in [1.165, 1.54) is 0 Å². The van der Waals surface area contributed by atoms with E-state index in [2.05, 4.69) is 35.3 Å². The van der Waals surface area contributed by atoms with Crippen LogP contribution in [-0.2, 0) is 4.79 Å². The Hall–Kier alpha value is -2.45. The van der Waals surface area contributed by atoms with Crippen molar-refractivity contribution in [1.29, 1.82) is 0 Å². The molecule has 1 atom stereocenters. The molecule has 1 aliphatic heterocycles. The molecule has 164 valence electrons. The van der Waals surface area contributed by atoms with Gasteiger partial charge in [-0.2, -0.15) is 0 Å². The molecule has 1 aromatic carbocycles. The highest BCUT2D eigenvalue weighted by Gasteiger charge is 2.30. The number of nitrogens with two attached hydrogens (primary N) is 1. The number of carbonyl (C=O) groups excluding carboxylic acids is 2. The first-order valence-electron chi connectivity index (χ1n) is 10.2. The molecule has 9 heteroatoms. The van der Waals surface area contributed by atoms with Crippen molar-refractivity contribution in [2.24, 2.45) is 11.7 Å². The second-order valence-corrected chi connectivity index (χ2v) is 7.78. The lowest BCUT2D eigenvalue weighted by atomic mass is 9.97. The molecule has 3 N–H and O–H groups in total. The zero-order valence-electron chi connectivity index (χ0n) is 17.8. The number of hydrogen-bond acceptors (Lipinski definition) is 5. The van der Waals surface area contributed by atoms with Gasteiger partial charge in [0.25, 0.3) is 5.91 Å². The standard InChI is InChI=1S/C21H30N6O2.ClH/c1-14(2)17-8-4-5-9-18(17)27-15(3)24-19(25-27)21(29)26-12-6-7-16(13-26)20(28)23-11-10-22;/h4-5,8-9,14,16H,6-7,10-13,22H2,1-3H3,(H,23,28);1H. The van der Waals surface area contributed by atoms with E-state index < -0.39 is 0 Å². The van der Waals surface area contributed by atoms with Gasteiger partial charge in [-0.3, -0.25) is 9.59 Å². The summed E-state index contributed by atoms with van der Waals surface area (Å²) in [4.78, 5) is 31.4. The Balaban J connectivity index is 0.00000320. The largest absolute Gasteiger partial charge is 0.355 e. The van der Waals surface area contributed by atoms with Crippen LogP contribution in [0.2, 0.25) is 0 Å². The van der Waals surface area contributed by atoms with Crippen LogP contribution in [0.25, 0.3) is 5.69 Å². The fraction of sp³-hybridized carbons (Fsp3) is 0.524. The summed E-state index contributed by atoms with van der Waals surface area (Å²) in [5, 5.41) is 7.33. The van der Waals surface area contributed by atoms with Crippen molar-refractivity contribution >= 4 is 24.2 Å². The van der Waals surface area contributed by atoms with Gasteiger partial charge in [-0.1, -0.05) is 32.0 Å². The molecule has 1 aliphatic rings. The summed E-state index contributed by atoms with van der Waals surface area (Å²) in [6, 6.07) is 8.02. The number of benzene rings is 1. The number of piperidine rings is 1. The Kier molecular flexibility index (Phi) is 8.37. The van der Waals surface area contributed by atoms with Crippen LogP contribution in [0.15, 0.2) is 24.3 Å². The van der Waals surface area contributed by atoms with Crippen LogP contribution < -0.4 is 11.1 Å². The normalized spacial score (nSPS) is 16.3. The SMILES string of the molecule is Cc1nc(C(=O)N2CCCC(C(=O)NCCN)C2)nn1-c1ccccc1C(C)C.Cl. The number of rotatable bonds is 6. The number of halogens is 1. The minimum Gasteiger partial charge on any atom is -0.355 e. The Morgan fingerprint density at radius 2 is 2.03 bits per heavy atom. The van der Waals surface area contributed by atoms with E-state index in [9.17, 15) is 9.59 Å². The maximum atomic E-state index is 13.0. The van der Waals surface area contributed by atoms with Gasteiger partial charge in [-0.05, 0) is 37.3 Å². The van der Waals surface area contributed by atoms with E-state index >= 15 is 0 Å². The van der Waals surface area contributed by atoms with Gasteiger partial charge in [0.05, 0.1) is 11.6 Å². The molecular weight excluding hydrogens is 404 g/mol. The smallest absolute Gasteiger partial charge is 0.293 e. The third-order valence-corrected chi connectivity index (χ3v) is 5.27. The number of nitrogens with zero attached hydrogens (tertiary/aromatic N) is 4. The van der Waals surface area contributed by atoms with Crippen molar-refractivity contribution in [2.75, 3.05) is 26.2 Å². The van der Waals surface area contributed by atoms with E-state index in [4.69, 9.17) is 5.73 Å². The Morgan fingerprint density at radius 1 is 1.30 bits per heavy atom. The molecule has 0 radical (unpaired) electrons. The highest BCUT2D eigenvalue weighted by Crippen LogP contribution is 2.24. The lowest BCUT2D eigenvalue weighted by molar-refractivity contribution is -0.126. The topological polar surface area (TPSA) is 106 Å². The number of hydrogen-bond donors (Lipinski definition) is 2. The van der Waals surface area contributed by atoms with Gasteiger partial charge in [0.1, 0.15) is 5.82 Å². The summed E-state index contributed by atoms with van der Waals surface area (Å²) < 4.78 is 1.73. The van der Waals surface area contributed by atoms with Gasteiger partial charge in [0.15, 0.2) is 0 Å². The number of aryl methyl sites for hydroxylation is 1. The van der Waals surface area contributed by atoms with Crippen LogP contribution in [0, 0.1) is 12.8 Å². The van der Waals surface area contributed by atoms with Crippen LogP contribution in [0.1, 0.15) is 54.6 Å². The molecule has 2 heterocycles. The van der Waals surface area contributed by atoms with Crippen LogP contribution in [0.3, 0.4) is 0 Å². The Labute approximate surface area is 183 Å². The quantitative estimate of drug-likeness (QED) is 0.723. The third kappa shape index (κ3) is 5.17. The van der Waals surface area contributed by atoms with Crippen LogP contribution >= 0.6 is 12.4 Å². The average Bonchev–Trinajstić information content (AvgIpc) is 3.12. The molecule has 0 saturated carbocycles. The van der Waals surface area contributed by atoms with Crippen molar-refractivity contribution < 1.29 is 9.59 Å². The van der Waals surface area contributed by atoms with E-state index in [1.54, 1.807) is 9.58 Å². The Bertz CT molecular complexity index is 882.